The molecule has 0 saturated carbocycles. The third kappa shape index (κ3) is 3.01. The summed E-state index contributed by atoms with van der Waals surface area (Å²) < 4.78 is 22.9. The van der Waals surface area contributed by atoms with Gasteiger partial charge in [-0.15, -0.1) is 0 Å². The zero-order chi connectivity index (χ0) is 14.1. The van der Waals surface area contributed by atoms with Crippen LogP contribution in [0.3, 0.4) is 0 Å². The molecule has 104 valence electrons. The maximum Gasteiger partial charge on any atom is 0.329 e. The summed E-state index contributed by atoms with van der Waals surface area (Å²) in [4.78, 5) is 11.5. The lowest BCUT2D eigenvalue weighted by Crippen LogP contribution is -2.52. The minimum absolute atomic E-state index is 0.0376. The third-order valence-electron chi connectivity index (χ3n) is 3.34. The Labute approximate surface area is 116 Å². The summed E-state index contributed by atoms with van der Waals surface area (Å²) in [6.45, 7) is 0. The van der Waals surface area contributed by atoms with Crippen LogP contribution in [0, 0.1) is 0 Å². The number of hydrogen-bond acceptors (Lipinski definition) is 4. The van der Waals surface area contributed by atoms with E-state index in [0.717, 1.165) is 0 Å². The largest absolute Gasteiger partial charge is 0.480 e. The van der Waals surface area contributed by atoms with Gasteiger partial charge in [-0.25, -0.2) is 13.2 Å². The van der Waals surface area contributed by atoms with E-state index in [4.69, 9.17) is 11.6 Å². The summed E-state index contributed by atoms with van der Waals surface area (Å²) in [5.74, 6) is -1.31. The standard InChI is InChI=1S/C12H14ClNO4S/c13-9-3-1-2-4-10(9)14-12(11(15)16)5-7-19(17,18)8-6-12/h1-4,14H,5-8H2,(H,15,16). The predicted molar refractivity (Wildman–Crippen MR) is 73.3 cm³/mol. The van der Waals surface area contributed by atoms with Gasteiger partial charge in [0.15, 0.2) is 9.84 Å². The van der Waals surface area contributed by atoms with E-state index in [2.05, 4.69) is 5.32 Å². The van der Waals surface area contributed by atoms with Crippen LogP contribution >= 0.6 is 11.6 Å². The van der Waals surface area contributed by atoms with E-state index in [1.807, 2.05) is 0 Å². The molecule has 19 heavy (non-hydrogen) atoms. The molecule has 0 spiro atoms. The Balaban J connectivity index is 2.28. The number of benzene rings is 1. The van der Waals surface area contributed by atoms with Crippen LogP contribution in [0.5, 0.6) is 0 Å². The molecule has 0 aromatic heterocycles. The fourth-order valence-electron chi connectivity index (χ4n) is 2.10. The molecule has 1 aliphatic heterocycles. The number of para-hydroxylation sites is 1. The highest BCUT2D eigenvalue weighted by molar-refractivity contribution is 7.91. The highest BCUT2D eigenvalue weighted by Crippen LogP contribution is 2.31. The molecule has 5 nitrogen and oxygen atoms in total. The van der Waals surface area contributed by atoms with Crippen LogP contribution in [-0.4, -0.2) is 36.5 Å². The third-order valence-corrected chi connectivity index (χ3v) is 5.32. The van der Waals surface area contributed by atoms with Gasteiger partial charge in [-0.2, -0.15) is 0 Å². The first-order chi connectivity index (χ1) is 8.85. The summed E-state index contributed by atoms with van der Waals surface area (Å²) in [6.07, 6.45) is 0.0752. The van der Waals surface area contributed by atoms with Crippen molar-refractivity contribution in [2.45, 2.75) is 18.4 Å². The number of anilines is 1. The summed E-state index contributed by atoms with van der Waals surface area (Å²) in [6, 6.07) is 6.81. The normalized spacial score (nSPS) is 20.7. The molecule has 1 fully saturated rings. The van der Waals surface area contributed by atoms with Gasteiger partial charge in [0.25, 0.3) is 0 Å². The molecule has 0 amide bonds. The van der Waals surface area contributed by atoms with Crippen molar-refractivity contribution < 1.29 is 18.3 Å². The van der Waals surface area contributed by atoms with E-state index in [-0.39, 0.29) is 24.3 Å². The number of sulfone groups is 1. The molecule has 1 aromatic carbocycles. The van der Waals surface area contributed by atoms with Crippen molar-refractivity contribution in [2.24, 2.45) is 0 Å². The number of carboxylic acid groups (broad SMARTS) is 1. The first-order valence-corrected chi connectivity index (χ1v) is 8.01. The molecule has 1 heterocycles. The van der Waals surface area contributed by atoms with Gasteiger partial charge in [-0.05, 0) is 25.0 Å². The number of halogens is 1. The number of carbonyl (C=O) groups is 1. The fraction of sp³-hybridized carbons (Fsp3) is 0.417. The number of carboxylic acids is 1. The van der Waals surface area contributed by atoms with Gasteiger partial charge in [-0.1, -0.05) is 23.7 Å². The van der Waals surface area contributed by atoms with E-state index < -0.39 is 21.3 Å². The van der Waals surface area contributed by atoms with E-state index >= 15 is 0 Å². The van der Waals surface area contributed by atoms with Crippen LogP contribution in [0.25, 0.3) is 0 Å². The molecule has 0 bridgehead atoms. The minimum atomic E-state index is -3.13. The van der Waals surface area contributed by atoms with Crippen molar-refractivity contribution in [1.29, 1.82) is 0 Å². The lowest BCUT2D eigenvalue weighted by atomic mass is 9.92. The van der Waals surface area contributed by atoms with Crippen LogP contribution in [-0.2, 0) is 14.6 Å². The van der Waals surface area contributed by atoms with Gasteiger partial charge < -0.3 is 10.4 Å². The van der Waals surface area contributed by atoms with Crippen molar-refractivity contribution in [3.05, 3.63) is 29.3 Å². The van der Waals surface area contributed by atoms with Gasteiger partial charge in [0.2, 0.25) is 0 Å². The summed E-state index contributed by atoms with van der Waals surface area (Å²) in [5.41, 5.74) is -0.762. The second kappa shape index (κ2) is 5.02. The zero-order valence-electron chi connectivity index (χ0n) is 10.1. The van der Waals surface area contributed by atoms with Crippen molar-refractivity contribution in [3.8, 4) is 0 Å². The van der Waals surface area contributed by atoms with Crippen molar-refractivity contribution in [2.75, 3.05) is 16.8 Å². The van der Waals surface area contributed by atoms with Crippen molar-refractivity contribution >= 4 is 33.1 Å². The van der Waals surface area contributed by atoms with Gasteiger partial charge in [0.05, 0.1) is 22.2 Å². The van der Waals surface area contributed by atoms with Gasteiger partial charge >= 0.3 is 5.97 Å². The second-order valence-corrected chi connectivity index (χ2v) is 7.35. The van der Waals surface area contributed by atoms with Gasteiger partial charge in [0.1, 0.15) is 5.54 Å². The Bertz CT molecular complexity index is 586. The van der Waals surface area contributed by atoms with E-state index in [1.165, 1.54) is 0 Å². The van der Waals surface area contributed by atoms with E-state index in [9.17, 15) is 18.3 Å². The Morgan fingerprint density at radius 3 is 2.37 bits per heavy atom. The van der Waals surface area contributed by atoms with Crippen LogP contribution < -0.4 is 5.32 Å². The number of rotatable bonds is 3. The van der Waals surface area contributed by atoms with Gasteiger partial charge in [0, 0.05) is 0 Å². The highest BCUT2D eigenvalue weighted by Gasteiger charge is 2.43. The first kappa shape index (κ1) is 14.1. The van der Waals surface area contributed by atoms with Crippen LogP contribution in [0.2, 0.25) is 5.02 Å². The Morgan fingerprint density at radius 2 is 1.84 bits per heavy atom. The summed E-state index contributed by atoms with van der Waals surface area (Å²) >= 11 is 5.99. The molecular formula is C12H14ClNO4S. The van der Waals surface area contributed by atoms with Crippen molar-refractivity contribution in [3.63, 3.8) is 0 Å². The molecule has 7 heteroatoms. The Hall–Kier alpha value is -1.27. The fourth-order valence-corrected chi connectivity index (χ4v) is 3.81. The quantitative estimate of drug-likeness (QED) is 0.889. The highest BCUT2D eigenvalue weighted by atomic mass is 35.5. The molecule has 0 radical (unpaired) electrons. The Morgan fingerprint density at radius 1 is 1.26 bits per heavy atom. The Kier molecular flexibility index (Phi) is 3.73. The molecule has 1 aliphatic rings. The topological polar surface area (TPSA) is 83.5 Å². The van der Waals surface area contributed by atoms with Crippen LogP contribution in [0.1, 0.15) is 12.8 Å². The zero-order valence-corrected chi connectivity index (χ0v) is 11.7. The minimum Gasteiger partial charge on any atom is -0.480 e. The average Bonchev–Trinajstić information content (AvgIpc) is 2.34. The summed E-state index contributed by atoms with van der Waals surface area (Å²) in [7, 11) is -3.13. The number of nitrogens with one attached hydrogen (secondary N) is 1. The predicted octanol–water partition coefficient (Wildman–Crippen LogP) is 1.78. The molecule has 0 atom stereocenters. The number of hydrogen-bond donors (Lipinski definition) is 2. The van der Waals surface area contributed by atoms with Crippen LogP contribution in [0.15, 0.2) is 24.3 Å². The molecule has 1 saturated heterocycles. The maximum absolute atomic E-state index is 11.5. The molecule has 0 aliphatic carbocycles. The van der Waals surface area contributed by atoms with Gasteiger partial charge in [-0.3, -0.25) is 0 Å². The molecule has 2 rings (SSSR count). The molecule has 0 unspecified atom stereocenters. The smallest absolute Gasteiger partial charge is 0.329 e. The second-order valence-electron chi connectivity index (χ2n) is 4.64. The average molecular weight is 304 g/mol. The molecule has 1 aromatic rings. The maximum atomic E-state index is 11.5. The lowest BCUT2D eigenvalue weighted by molar-refractivity contribution is -0.142. The molecule has 2 N–H and O–H groups in total. The lowest BCUT2D eigenvalue weighted by Gasteiger charge is -2.34. The molecular weight excluding hydrogens is 290 g/mol. The van der Waals surface area contributed by atoms with Crippen LogP contribution in [0.4, 0.5) is 5.69 Å². The first-order valence-electron chi connectivity index (χ1n) is 5.81. The van der Waals surface area contributed by atoms with E-state index in [0.29, 0.717) is 10.7 Å². The monoisotopic (exact) mass is 303 g/mol. The number of aliphatic carboxylic acids is 1. The van der Waals surface area contributed by atoms with E-state index in [1.54, 1.807) is 24.3 Å². The summed E-state index contributed by atoms with van der Waals surface area (Å²) in [5, 5.41) is 12.7. The van der Waals surface area contributed by atoms with Crippen molar-refractivity contribution in [1.82, 2.24) is 0 Å². The SMILES string of the molecule is O=C(O)C1(Nc2ccccc2Cl)CCS(=O)(=O)CC1.